The molecule has 1 aliphatic rings. The van der Waals surface area contributed by atoms with Gasteiger partial charge in [-0.2, -0.15) is 0 Å². The normalized spacial score (nSPS) is 16.0. The Bertz CT molecular complexity index is 800. The van der Waals surface area contributed by atoms with Gasteiger partial charge in [0.05, 0.1) is 17.9 Å². The van der Waals surface area contributed by atoms with Gasteiger partial charge in [0.25, 0.3) is 0 Å². The summed E-state index contributed by atoms with van der Waals surface area (Å²) in [5.74, 6) is -0.276. The number of nitrogens with zero attached hydrogens (tertiary/aromatic N) is 1. The molecule has 1 atom stereocenters. The van der Waals surface area contributed by atoms with Crippen LogP contribution in [0.2, 0.25) is 0 Å². The van der Waals surface area contributed by atoms with E-state index in [1.54, 1.807) is 20.8 Å². The second-order valence-electron chi connectivity index (χ2n) is 7.15. The van der Waals surface area contributed by atoms with E-state index in [0.717, 1.165) is 11.4 Å². The molecule has 150 valence electrons. The molecule has 0 bridgehead atoms. The predicted octanol–water partition coefficient (Wildman–Crippen LogP) is 4.70. The van der Waals surface area contributed by atoms with E-state index in [9.17, 15) is 9.59 Å². The molecule has 6 heteroatoms. The van der Waals surface area contributed by atoms with Crippen molar-refractivity contribution in [2.75, 3.05) is 16.8 Å². The molecule has 2 N–H and O–H groups in total. The van der Waals surface area contributed by atoms with E-state index in [4.69, 9.17) is 4.74 Å². The summed E-state index contributed by atoms with van der Waals surface area (Å²) in [6.45, 7) is 9.65. The summed E-state index contributed by atoms with van der Waals surface area (Å²) in [6, 6.07) is 16.6. The van der Waals surface area contributed by atoms with Crippen LogP contribution in [0, 0.1) is 0 Å². The van der Waals surface area contributed by atoms with Crippen LogP contribution in [0.25, 0.3) is 0 Å². The van der Waals surface area contributed by atoms with E-state index in [1.807, 2.05) is 73.3 Å². The maximum absolute atomic E-state index is 12.6. The average Bonchev–Trinajstić information content (AvgIpc) is 2.79. The van der Waals surface area contributed by atoms with Crippen molar-refractivity contribution in [1.29, 1.82) is 0 Å². The zero-order chi connectivity index (χ0) is 20.7. The number of para-hydroxylation sites is 3. The van der Waals surface area contributed by atoms with Gasteiger partial charge in [-0.25, -0.2) is 4.79 Å². The molecule has 0 radical (unpaired) electrons. The van der Waals surface area contributed by atoms with Crippen LogP contribution in [0.3, 0.4) is 0 Å². The molecule has 0 saturated carbocycles. The Labute approximate surface area is 166 Å². The summed E-state index contributed by atoms with van der Waals surface area (Å²) < 4.78 is 5.30. The van der Waals surface area contributed by atoms with Crippen molar-refractivity contribution in [3.63, 3.8) is 0 Å². The number of amides is 2. The largest absolute Gasteiger partial charge is 0.444 e. The molecule has 0 fully saturated rings. The molecular formula is C22H29N3O3. The lowest BCUT2D eigenvalue weighted by Crippen LogP contribution is -2.49. The molecule has 0 aliphatic carbocycles. The highest BCUT2D eigenvalue weighted by atomic mass is 16.6. The SMILES string of the molecule is CC.CC(C)(C)OC(=O)NC1CN(c2ccccc2)c2ccccc2NC1=O. The molecule has 3 rings (SSSR count). The summed E-state index contributed by atoms with van der Waals surface area (Å²) in [5, 5.41) is 5.57. The van der Waals surface area contributed by atoms with Crippen molar-refractivity contribution >= 4 is 29.1 Å². The number of rotatable bonds is 2. The van der Waals surface area contributed by atoms with Crippen LogP contribution < -0.4 is 15.5 Å². The average molecular weight is 383 g/mol. The first-order valence-corrected chi connectivity index (χ1v) is 9.55. The number of ether oxygens (including phenoxy) is 1. The Morgan fingerprint density at radius 2 is 1.68 bits per heavy atom. The summed E-state index contributed by atoms with van der Waals surface area (Å²) in [7, 11) is 0. The van der Waals surface area contributed by atoms with Gasteiger partial charge in [0.2, 0.25) is 5.91 Å². The zero-order valence-electron chi connectivity index (χ0n) is 17.2. The van der Waals surface area contributed by atoms with Crippen molar-refractivity contribution in [2.24, 2.45) is 0 Å². The minimum Gasteiger partial charge on any atom is -0.444 e. The van der Waals surface area contributed by atoms with Gasteiger partial charge in [-0.15, -0.1) is 0 Å². The van der Waals surface area contributed by atoms with Gasteiger partial charge < -0.3 is 20.3 Å². The quantitative estimate of drug-likeness (QED) is 0.789. The van der Waals surface area contributed by atoms with Gasteiger partial charge in [-0.3, -0.25) is 4.79 Å². The molecule has 0 saturated heterocycles. The summed E-state index contributed by atoms with van der Waals surface area (Å²) in [6.07, 6.45) is -0.614. The number of benzene rings is 2. The molecule has 28 heavy (non-hydrogen) atoms. The maximum Gasteiger partial charge on any atom is 0.408 e. The summed E-state index contributed by atoms with van der Waals surface area (Å²) >= 11 is 0. The number of hydrogen-bond donors (Lipinski definition) is 2. The lowest BCUT2D eigenvalue weighted by Gasteiger charge is -2.27. The van der Waals surface area contributed by atoms with Crippen LogP contribution in [0.4, 0.5) is 21.9 Å². The predicted molar refractivity (Wildman–Crippen MR) is 113 cm³/mol. The van der Waals surface area contributed by atoms with E-state index in [2.05, 4.69) is 10.6 Å². The first kappa shape index (κ1) is 21.3. The van der Waals surface area contributed by atoms with Crippen molar-refractivity contribution in [1.82, 2.24) is 5.32 Å². The Kier molecular flexibility index (Phi) is 7.04. The highest BCUT2D eigenvalue weighted by Crippen LogP contribution is 2.34. The van der Waals surface area contributed by atoms with Gasteiger partial charge in [-0.05, 0) is 45.0 Å². The third kappa shape index (κ3) is 5.49. The standard InChI is InChI=1S/C20H23N3O3.C2H6/c1-20(2,3)26-19(25)22-16-13-23(14-9-5-4-6-10-14)17-12-8-7-11-15(17)21-18(16)24;1-2/h4-12,16H,13H2,1-3H3,(H,21,24)(H,22,25);1-2H3. The van der Waals surface area contributed by atoms with Crippen molar-refractivity contribution in [3.05, 3.63) is 54.6 Å². The number of carbonyl (C=O) groups is 2. The molecule has 0 aromatic heterocycles. The molecule has 1 unspecified atom stereocenters. The second-order valence-corrected chi connectivity index (χ2v) is 7.15. The van der Waals surface area contributed by atoms with Crippen LogP contribution in [-0.4, -0.2) is 30.2 Å². The Morgan fingerprint density at radius 1 is 1.07 bits per heavy atom. The van der Waals surface area contributed by atoms with Gasteiger partial charge in [0.15, 0.2) is 0 Å². The number of carbonyl (C=O) groups excluding carboxylic acids is 2. The smallest absolute Gasteiger partial charge is 0.408 e. The van der Waals surface area contributed by atoms with Crippen LogP contribution in [0.5, 0.6) is 0 Å². The highest BCUT2D eigenvalue weighted by Gasteiger charge is 2.31. The van der Waals surface area contributed by atoms with Crippen LogP contribution in [-0.2, 0) is 9.53 Å². The molecule has 0 spiro atoms. The van der Waals surface area contributed by atoms with Gasteiger partial charge in [0.1, 0.15) is 11.6 Å². The van der Waals surface area contributed by atoms with Crippen LogP contribution in [0.1, 0.15) is 34.6 Å². The third-order valence-corrected chi connectivity index (χ3v) is 3.89. The molecule has 1 aliphatic heterocycles. The Hall–Kier alpha value is -3.02. The van der Waals surface area contributed by atoms with Crippen molar-refractivity contribution in [2.45, 2.75) is 46.3 Å². The van der Waals surface area contributed by atoms with E-state index < -0.39 is 17.7 Å². The monoisotopic (exact) mass is 383 g/mol. The van der Waals surface area contributed by atoms with Crippen LogP contribution >= 0.6 is 0 Å². The lowest BCUT2D eigenvalue weighted by molar-refractivity contribution is -0.117. The third-order valence-electron chi connectivity index (χ3n) is 3.89. The Morgan fingerprint density at radius 3 is 2.32 bits per heavy atom. The van der Waals surface area contributed by atoms with E-state index >= 15 is 0 Å². The zero-order valence-corrected chi connectivity index (χ0v) is 17.2. The van der Waals surface area contributed by atoms with Gasteiger partial charge >= 0.3 is 6.09 Å². The molecule has 2 aromatic rings. The lowest BCUT2D eigenvalue weighted by atomic mass is 10.2. The fourth-order valence-corrected chi connectivity index (χ4v) is 2.81. The minimum atomic E-state index is -0.752. The summed E-state index contributed by atoms with van der Waals surface area (Å²) in [5.41, 5.74) is 1.88. The van der Waals surface area contributed by atoms with Crippen LogP contribution in [0.15, 0.2) is 54.6 Å². The highest BCUT2D eigenvalue weighted by molar-refractivity contribution is 6.02. The fourth-order valence-electron chi connectivity index (χ4n) is 2.81. The number of fused-ring (bicyclic) bond motifs is 1. The molecule has 6 nitrogen and oxygen atoms in total. The topological polar surface area (TPSA) is 70.7 Å². The van der Waals surface area contributed by atoms with Crippen molar-refractivity contribution < 1.29 is 14.3 Å². The maximum atomic E-state index is 12.6. The van der Waals surface area contributed by atoms with E-state index in [0.29, 0.717) is 12.2 Å². The van der Waals surface area contributed by atoms with Gasteiger partial charge in [-0.1, -0.05) is 44.2 Å². The number of nitrogens with one attached hydrogen (secondary N) is 2. The molecule has 2 amide bonds. The number of hydrogen-bond acceptors (Lipinski definition) is 4. The number of anilines is 3. The first-order valence-electron chi connectivity index (χ1n) is 9.55. The summed E-state index contributed by atoms with van der Waals surface area (Å²) in [4.78, 5) is 26.8. The Balaban J connectivity index is 0.00000136. The molecular weight excluding hydrogens is 354 g/mol. The minimum absolute atomic E-state index is 0.276. The fraction of sp³-hybridized carbons (Fsp3) is 0.364. The molecule has 2 aromatic carbocycles. The number of alkyl carbamates (subject to hydrolysis) is 1. The van der Waals surface area contributed by atoms with E-state index in [-0.39, 0.29) is 5.91 Å². The second kappa shape index (κ2) is 9.26. The first-order chi connectivity index (χ1) is 13.3. The van der Waals surface area contributed by atoms with Crippen molar-refractivity contribution in [3.8, 4) is 0 Å². The van der Waals surface area contributed by atoms with E-state index in [1.165, 1.54) is 0 Å². The molecule has 1 heterocycles. The van der Waals surface area contributed by atoms with Gasteiger partial charge in [0, 0.05) is 5.69 Å².